The Bertz CT molecular complexity index is 3460. The third-order valence-corrected chi connectivity index (χ3v) is 18.5. The number of fused-ring (bicyclic) bond motifs is 6. The number of nitrogens with zero attached hydrogens (tertiary/aromatic N) is 10. The van der Waals surface area contributed by atoms with E-state index in [4.69, 9.17) is 21.1 Å². The largest absolute Gasteiger partial charge is 0.508 e. The second-order valence-electron chi connectivity index (χ2n) is 23.5. The Kier molecular flexibility index (Phi) is 13.1. The maximum atomic E-state index is 17.3. The Balaban J connectivity index is 0.655. The van der Waals surface area contributed by atoms with E-state index in [2.05, 4.69) is 58.2 Å². The van der Waals surface area contributed by atoms with Gasteiger partial charge in [-0.2, -0.15) is 9.97 Å². The number of anilines is 2. The Morgan fingerprint density at radius 2 is 1.63 bits per heavy atom. The van der Waals surface area contributed by atoms with Crippen LogP contribution in [0.1, 0.15) is 95.7 Å². The molecule has 3 aromatic heterocycles. The average Bonchev–Trinajstić information content (AvgIpc) is 4.34. The van der Waals surface area contributed by atoms with Crippen molar-refractivity contribution in [2.24, 2.45) is 5.92 Å². The van der Waals surface area contributed by atoms with E-state index in [1.165, 1.54) is 24.3 Å². The van der Waals surface area contributed by atoms with Crippen LogP contribution in [0.4, 0.5) is 20.3 Å². The summed E-state index contributed by atoms with van der Waals surface area (Å²) in [6.45, 7) is 14.9. The van der Waals surface area contributed by atoms with Gasteiger partial charge in [-0.25, -0.2) is 13.6 Å². The zero-order valence-electron chi connectivity index (χ0n) is 44.5. The van der Waals surface area contributed by atoms with E-state index in [1.807, 2.05) is 19.9 Å². The standard InChI is InChI=1S/C59H68F2N12O5/c1-4-43-46(60)10-6-37-26-42(74)28-44(51(37)43)53-52(61)54-45(29-62-53)55(70-31-38-7-8-39(32-70)63-38)66-57(65-54)78-34-59-17-5-19-71(59)41(14-18-59)33-68-24-22-67(23-25-68)30-36-15-20-69(21-16-36)40-9-11-47-49(27-40)72(35(2)3)58(77)73(47)48-12-13-50(75)64-56(48)76/h1,6,9-11,26-29,35-36,38-39,41,48,63,74H,5,7-8,12-25,30-34H2,2-3H3,(H,64,75,76)/t38?,39?,41-,48?,59+/m0/s1. The first kappa shape index (κ1) is 50.8. The zero-order chi connectivity index (χ0) is 53.6. The van der Waals surface area contributed by atoms with Crippen LogP contribution in [0.5, 0.6) is 11.8 Å². The third kappa shape index (κ3) is 9.02. The number of ether oxygens (including phenoxy) is 1. The van der Waals surface area contributed by atoms with E-state index >= 15 is 8.78 Å². The van der Waals surface area contributed by atoms with Gasteiger partial charge in [-0.1, -0.05) is 12.0 Å². The topological polar surface area (TPSA) is 169 Å². The molecule has 19 heteroatoms. The van der Waals surface area contributed by atoms with Crippen molar-refractivity contribution in [2.75, 3.05) is 88.4 Å². The predicted molar refractivity (Wildman–Crippen MR) is 295 cm³/mol. The van der Waals surface area contributed by atoms with Gasteiger partial charge in [0.05, 0.1) is 27.5 Å². The molecule has 0 radical (unpaired) electrons. The summed E-state index contributed by atoms with van der Waals surface area (Å²) in [5.41, 5.74) is 2.31. The number of piperidine rings is 2. The smallest absolute Gasteiger partial charge is 0.330 e. The molecular formula is C59H68F2N12O5. The highest BCUT2D eigenvalue weighted by Crippen LogP contribution is 2.44. The van der Waals surface area contributed by atoms with Crippen LogP contribution in [-0.4, -0.2) is 158 Å². The Morgan fingerprint density at radius 3 is 2.37 bits per heavy atom. The number of rotatable bonds is 12. The zero-order valence-corrected chi connectivity index (χ0v) is 44.5. The summed E-state index contributed by atoms with van der Waals surface area (Å²) in [5.74, 6) is 1.42. The molecule has 7 fully saturated rings. The number of carbonyl (C=O) groups excluding carboxylic acids is 2. The number of hydrogen-bond acceptors (Lipinski definition) is 14. The number of pyridine rings is 1. The maximum absolute atomic E-state index is 17.3. The summed E-state index contributed by atoms with van der Waals surface area (Å²) >= 11 is 0. The van der Waals surface area contributed by atoms with Crippen LogP contribution in [-0.2, 0) is 9.59 Å². The molecule has 10 heterocycles. The van der Waals surface area contributed by atoms with Crippen molar-refractivity contribution >= 4 is 56.0 Å². The van der Waals surface area contributed by atoms with Crippen LogP contribution in [0.3, 0.4) is 0 Å². The van der Waals surface area contributed by atoms with Crippen molar-refractivity contribution in [3.63, 3.8) is 0 Å². The molecule has 0 aliphatic carbocycles. The van der Waals surface area contributed by atoms with Gasteiger partial charge in [0.1, 0.15) is 41.2 Å². The number of piperazine rings is 2. The van der Waals surface area contributed by atoms with E-state index in [0.29, 0.717) is 66.8 Å². The molecule has 7 aliphatic rings. The average molecular weight is 1060 g/mol. The van der Waals surface area contributed by atoms with E-state index in [1.54, 1.807) is 15.3 Å². The number of aromatic nitrogens is 5. The molecule has 0 spiro atoms. The van der Waals surface area contributed by atoms with Gasteiger partial charge in [0.25, 0.3) is 0 Å². The molecule has 2 bridgehead atoms. The van der Waals surface area contributed by atoms with Crippen LogP contribution in [0.15, 0.2) is 53.5 Å². The number of carbonyl (C=O) groups is 2. The Labute approximate surface area is 451 Å². The molecule has 2 amide bonds. The number of hydrogen-bond donors (Lipinski definition) is 3. The summed E-state index contributed by atoms with van der Waals surface area (Å²) in [4.78, 5) is 65.6. The lowest BCUT2D eigenvalue weighted by molar-refractivity contribution is -0.135. The number of phenolic OH excluding ortho intramolecular Hbond substituents is 1. The number of terminal acetylenes is 1. The number of imide groups is 1. The van der Waals surface area contributed by atoms with Gasteiger partial charge in [-0.05, 0) is 126 Å². The number of phenols is 1. The van der Waals surface area contributed by atoms with Crippen LogP contribution < -0.4 is 30.9 Å². The Hall–Kier alpha value is -6.72. The Morgan fingerprint density at radius 1 is 0.859 bits per heavy atom. The van der Waals surface area contributed by atoms with Crippen LogP contribution in [0, 0.1) is 29.9 Å². The third-order valence-electron chi connectivity index (χ3n) is 18.5. The van der Waals surface area contributed by atoms with Crippen molar-refractivity contribution < 1.29 is 28.2 Å². The molecule has 0 saturated carbocycles. The van der Waals surface area contributed by atoms with Gasteiger partial charge >= 0.3 is 11.7 Å². The lowest BCUT2D eigenvalue weighted by Crippen LogP contribution is -2.53. The van der Waals surface area contributed by atoms with Crippen LogP contribution >= 0.6 is 0 Å². The minimum Gasteiger partial charge on any atom is -0.508 e. The maximum Gasteiger partial charge on any atom is 0.330 e. The van der Waals surface area contributed by atoms with Crippen LogP contribution in [0.2, 0.25) is 0 Å². The quantitative estimate of drug-likeness (QED) is 0.0918. The summed E-state index contributed by atoms with van der Waals surface area (Å²) in [7, 11) is 0. The van der Waals surface area contributed by atoms with Crippen LogP contribution in [0.25, 0.3) is 44.0 Å². The van der Waals surface area contributed by atoms with Crippen molar-refractivity contribution in [3.05, 3.63) is 76.3 Å². The molecule has 78 heavy (non-hydrogen) atoms. The fourth-order valence-corrected chi connectivity index (χ4v) is 14.6. The van der Waals surface area contributed by atoms with Gasteiger partial charge in [0.15, 0.2) is 5.82 Å². The van der Waals surface area contributed by atoms with Gasteiger partial charge in [0, 0.05) is 119 Å². The minimum absolute atomic E-state index is 0.0349. The first-order valence-electron chi connectivity index (χ1n) is 28.3. The van der Waals surface area contributed by atoms with Gasteiger partial charge in [-0.15, -0.1) is 6.42 Å². The lowest BCUT2D eigenvalue weighted by Gasteiger charge is -2.41. The summed E-state index contributed by atoms with van der Waals surface area (Å²) in [6, 6.07) is 12.1. The summed E-state index contributed by atoms with van der Waals surface area (Å²) < 4.78 is 42.5. The molecule has 7 aliphatic heterocycles. The van der Waals surface area contributed by atoms with Gasteiger partial charge in [0.2, 0.25) is 11.8 Å². The van der Waals surface area contributed by atoms with Gasteiger partial charge < -0.3 is 29.9 Å². The molecule has 5 atom stereocenters. The first-order valence-corrected chi connectivity index (χ1v) is 28.3. The minimum atomic E-state index is -0.723. The highest BCUT2D eigenvalue weighted by Gasteiger charge is 2.50. The number of benzene rings is 3. The molecule has 3 N–H and O–H groups in total. The van der Waals surface area contributed by atoms with Gasteiger partial charge in [-0.3, -0.25) is 38.8 Å². The highest BCUT2D eigenvalue weighted by molar-refractivity contribution is 6.03. The number of nitrogens with one attached hydrogen (secondary N) is 2. The second kappa shape index (κ2) is 20.2. The predicted octanol–water partition coefficient (Wildman–Crippen LogP) is 6.34. The molecule has 408 valence electrons. The van der Waals surface area contributed by atoms with E-state index in [9.17, 15) is 19.5 Å². The fraction of sp³-hybridized carbons (Fsp3) is 0.525. The van der Waals surface area contributed by atoms with E-state index in [-0.39, 0.29) is 69.1 Å². The molecule has 17 nitrogen and oxygen atoms in total. The molecule has 13 rings (SSSR count). The summed E-state index contributed by atoms with van der Waals surface area (Å²) in [6.07, 6.45) is 16.4. The number of amides is 2. The van der Waals surface area contributed by atoms with Crippen molar-refractivity contribution in [1.29, 1.82) is 0 Å². The second-order valence-corrected chi connectivity index (χ2v) is 23.5. The SMILES string of the molecule is C#Cc1c(F)ccc2cc(O)cc(-c3ncc4c(N5CC6CCC(C5)N6)nc(OC[C@]56CCCN5[C@H](CN5CCN(CC7CCN(c8ccc9c(c8)n(C(C)C)c(=O)n9C8CCC(=O)NC8=O)CC7)CC5)CC6)nc4c3F)c12. The molecular weight excluding hydrogens is 995 g/mol. The van der Waals surface area contributed by atoms with Crippen molar-refractivity contribution in [1.82, 2.24) is 49.4 Å². The molecule has 6 aromatic rings. The lowest BCUT2D eigenvalue weighted by atomic mass is 9.95. The number of imidazole rings is 1. The van der Waals surface area contributed by atoms with E-state index < -0.39 is 23.6 Å². The van der Waals surface area contributed by atoms with Crippen molar-refractivity contribution in [2.45, 2.75) is 114 Å². The fourth-order valence-electron chi connectivity index (χ4n) is 14.6. The monoisotopic (exact) mass is 1060 g/mol. The molecule has 3 aromatic carbocycles. The number of aromatic hydroxyl groups is 1. The number of halogens is 2. The van der Waals surface area contributed by atoms with E-state index in [0.717, 1.165) is 127 Å². The molecule has 3 unspecified atom stereocenters. The highest BCUT2D eigenvalue weighted by atomic mass is 19.1. The summed E-state index contributed by atoms with van der Waals surface area (Å²) in [5, 5.41) is 18.1. The molecule has 7 saturated heterocycles. The normalized spacial score (nSPS) is 25.5. The first-order chi connectivity index (χ1) is 37.8. The van der Waals surface area contributed by atoms with Crippen molar-refractivity contribution in [3.8, 4) is 35.4 Å².